The van der Waals surface area contributed by atoms with Crippen LogP contribution in [0, 0.1) is 11.8 Å². The summed E-state index contributed by atoms with van der Waals surface area (Å²) in [7, 11) is 3.11. The molecule has 1 fully saturated rings. The number of fused-ring (bicyclic) bond motifs is 17. The monoisotopic (exact) mass is 763 g/mol. The van der Waals surface area contributed by atoms with E-state index in [1.165, 1.54) is 15.8 Å². The van der Waals surface area contributed by atoms with Crippen LogP contribution in [-0.2, 0) is 39.1 Å². The van der Waals surface area contributed by atoms with Crippen LogP contribution < -0.4 is 30.7 Å². The van der Waals surface area contributed by atoms with Crippen molar-refractivity contribution in [3.05, 3.63) is 76.6 Å². The fourth-order valence-corrected chi connectivity index (χ4v) is 6.67. The molecule has 5 amide bonds. The summed E-state index contributed by atoms with van der Waals surface area (Å²) in [6.07, 6.45) is 4.02. The van der Waals surface area contributed by atoms with Crippen molar-refractivity contribution >= 4 is 41.1 Å². The first-order chi connectivity index (χ1) is 25.8. The largest absolute Gasteiger partial charge is 0.497 e. The zero-order valence-electron chi connectivity index (χ0n) is 31.4. The first kappa shape index (κ1) is 40.1. The normalized spacial score (nSPS) is 21.9. The molecule has 2 bridgehead atoms. The van der Waals surface area contributed by atoms with Crippen molar-refractivity contribution in [1.82, 2.24) is 35.9 Å². The van der Waals surface area contributed by atoms with Gasteiger partial charge in [-0.25, -0.2) is 0 Å². The number of hydrogen-bond acceptors (Lipinski definition) is 8. The number of hydrogen-bond donors (Lipinski definition) is 4. The summed E-state index contributed by atoms with van der Waals surface area (Å²) in [4.78, 5) is 70.5. The van der Waals surface area contributed by atoms with Gasteiger partial charge in [-0.15, -0.1) is 0 Å². The highest BCUT2D eigenvalue weighted by atomic mass is 35.5. The second-order valence-corrected chi connectivity index (χ2v) is 15.0. The number of benzene rings is 2. The Balaban J connectivity index is 1.48. The highest BCUT2D eigenvalue weighted by Crippen LogP contribution is 2.30. The second-order valence-electron chi connectivity index (χ2n) is 14.5. The van der Waals surface area contributed by atoms with Crippen molar-refractivity contribution in [2.75, 3.05) is 26.8 Å². The zero-order valence-corrected chi connectivity index (χ0v) is 32.2. The van der Waals surface area contributed by atoms with Gasteiger partial charge >= 0.3 is 0 Å². The van der Waals surface area contributed by atoms with Gasteiger partial charge in [-0.1, -0.05) is 49.7 Å². The quantitative estimate of drug-likeness (QED) is 0.241. The molecule has 6 rings (SSSR count). The molecule has 4 atom stereocenters. The van der Waals surface area contributed by atoms with Crippen molar-refractivity contribution < 1.29 is 33.4 Å². The summed E-state index contributed by atoms with van der Waals surface area (Å²) in [5.74, 6) is -0.880. The molecule has 14 nitrogen and oxygen atoms in total. The molecule has 0 radical (unpaired) electrons. The van der Waals surface area contributed by atoms with Crippen molar-refractivity contribution in [3.63, 3.8) is 0 Å². The van der Waals surface area contributed by atoms with Crippen LogP contribution in [0.25, 0.3) is 0 Å². The molecule has 0 unspecified atom stereocenters. The minimum Gasteiger partial charge on any atom is -0.497 e. The smallest absolute Gasteiger partial charge is 0.271 e. The average Bonchev–Trinajstić information content (AvgIpc) is 3.89. The summed E-state index contributed by atoms with van der Waals surface area (Å²) < 4.78 is 12.7. The summed E-state index contributed by atoms with van der Waals surface area (Å²) in [6, 6.07) is 10.5. The number of aryl methyl sites for hydroxylation is 1. The van der Waals surface area contributed by atoms with Gasteiger partial charge in [-0.05, 0) is 73.4 Å². The lowest BCUT2D eigenvalue weighted by atomic mass is 10.0. The molecule has 1 aliphatic carbocycles. The van der Waals surface area contributed by atoms with Gasteiger partial charge < -0.3 is 35.6 Å². The predicted molar refractivity (Wildman–Crippen MR) is 202 cm³/mol. The molecule has 54 heavy (non-hydrogen) atoms. The van der Waals surface area contributed by atoms with Gasteiger partial charge in [0.25, 0.3) is 5.91 Å². The molecule has 4 N–H and O–H groups in total. The van der Waals surface area contributed by atoms with Gasteiger partial charge in [0, 0.05) is 26.4 Å². The highest BCUT2D eigenvalue weighted by Gasteiger charge is 2.34. The van der Waals surface area contributed by atoms with Gasteiger partial charge in [-0.2, -0.15) is 5.10 Å². The molecule has 1 aromatic heterocycles. The maximum atomic E-state index is 14.2. The summed E-state index contributed by atoms with van der Waals surface area (Å²) >= 11 is 6.27. The third kappa shape index (κ3) is 11.2. The minimum absolute atomic E-state index is 0.0568. The second kappa shape index (κ2) is 18.3. The number of nitrogens with one attached hydrogen (secondary N) is 4. The van der Waals surface area contributed by atoms with Crippen molar-refractivity contribution in [2.24, 2.45) is 18.9 Å². The maximum absolute atomic E-state index is 14.2. The van der Waals surface area contributed by atoms with Crippen LogP contribution in [0.15, 0.2) is 54.7 Å². The number of ether oxygens (including phenoxy) is 2. The minimum atomic E-state index is -1.15. The Bertz CT molecular complexity index is 1770. The van der Waals surface area contributed by atoms with Gasteiger partial charge in [0.1, 0.15) is 41.9 Å². The molecule has 15 heteroatoms. The van der Waals surface area contributed by atoms with Crippen LogP contribution in [0.5, 0.6) is 11.5 Å². The van der Waals surface area contributed by atoms with E-state index in [-0.39, 0.29) is 60.5 Å². The standard InChI is InChI=1S/C39H50ClN7O7/c1-23(2)16-28-22-54-30-14-10-26(11-15-30)18-33(45-38(51)35-31(40)19-41-46(35)4)37(50)44-32(17-25-8-12-29(53-5)13-9-25)36(49)42-24(3)39(52)47(20-27-6-7-27)21-34(48)43-28/h8-15,19,23-24,27-28,32-33H,6-7,16-18,20-22H2,1-5H3,(H,42,49)(H,43,48)(H,44,50)(H,45,51)/t24-,28+,32+,33+/m1/s1. The topological polar surface area (TPSA) is 173 Å². The maximum Gasteiger partial charge on any atom is 0.271 e. The van der Waals surface area contributed by atoms with E-state index in [2.05, 4.69) is 40.2 Å². The van der Waals surface area contributed by atoms with Gasteiger partial charge in [0.05, 0.1) is 30.9 Å². The van der Waals surface area contributed by atoms with Crippen LogP contribution in [0.2, 0.25) is 5.02 Å². The molecule has 290 valence electrons. The molecule has 3 heterocycles. The Labute approximate surface area is 320 Å². The number of methoxy groups -OCH3 is 1. The van der Waals surface area contributed by atoms with E-state index < -0.39 is 41.8 Å². The Morgan fingerprint density at radius 2 is 1.72 bits per heavy atom. The lowest BCUT2D eigenvalue weighted by molar-refractivity contribution is -0.140. The van der Waals surface area contributed by atoms with Crippen LogP contribution >= 0.6 is 11.6 Å². The number of nitrogens with zero attached hydrogens (tertiary/aromatic N) is 3. The van der Waals surface area contributed by atoms with E-state index in [4.69, 9.17) is 21.1 Å². The molecular weight excluding hydrogens is 714 g/mol. The molecule has 0 saturated heterocycles. The van der Waals surface area contributed by atoms with Crippen LogP contribution in [-0.4, -0.2) is 95.2 Å². The molecular formula is C39H50ClN7O7. The lowest BCUT2D eigenvalue weighted by Gasteiger charge is -2.29. The van der Waals surface area contributed by atoms with Gasteiger partial charge in [0.2, 0.25) is 23.6 Å². The van der Waals surface area contributed by atoms with E-state index in [0.717, 1.165) is 12.8 Å². The molecule has 3 aliphatic rings. The van der Waals surface area contributed by atoms with Gasteiger partial charge in [-0.3, -0.25) is 28.7 Å². The van der Waals surface area contributed by atoms with Crippen molar-refractivity contribution in [2.45, 2.75) is 77.0 Å². The van der Waals surface area contributed by atoms with E-state index in [1.807, 2.05) is 0 Å². The first-order valence-corrected chi connectivity index (χ1v) is 18.7. The van der Waals surface area contributed by atoms with E-state index in [0.29, 0.717) is 35.6 Å². The molecule has 2 aliphatic heterocycles. The molecule has 0 spiro atoms. The van der Waals surface area contributed by atoms with Crippen molar-refractivity contribution in [1.29, 1.82) is 0 Å². The van der Waals surface area contributed by atoms with E-state index >= 15 is 0 Å². The average molecular weight is 764 g/mol. The molecule has 2 aromatic carbocycles. The van der Waals surface area contributed by atoms with Crippen LogP contribution in [0.1, 0.15) is 61.6 Å². The zero-order chi connectivity index (χ0) is 38.9. The summed E-state index contributed by atoms with van der Waals surface area (Å²) in [6.45, 7) is 6.09. The Morgan fingerprint density at radius 1 is 1.02 bits per heavy atom. The molecule has 1 saturated carbocycles. The van der Waals surface area contributed by atoms with Crippen molar-refractivity contribution in [3.8, 4) is 11.5 Å². The fraction of sp³-hybridized carbons (Fsp3) is 0.487. The summed E-state index contributed by atoms with van der Waals surface area (Å²) in [5.41, 5.74) is 1.48. The highest BCUT2D eigenvalue weighted by molar-refractivity contribution is 6.33. The fourth-order valence-electron chi connectivity index (χ4n) is 6.41. The number of carbonyl (C=O) groups is 5. The lowest BCUT2D eigenvalue weighted by Crippen LogP contribution is -2.58. The summed E-state index contributed by atoms with van der Waals surface area (Å²) in [5, 5.41) is 15.6. The van der Waals surface area contributed by atoms with E-state index in [9.17, 15) is 24.0 Å². The third-order valence-electron chi connectivity index (χ3n) is 9.45. The number of carbonyl (C=O) groups excluding carboxylic acids is 5. The number of amides is 5. The Morgan fingerprint density at radius 3 is 2.33 bits per heavy atom. The predicted octanol–water partition coefficient (Wildman–Crippen LogP) is 2.82. The van der Waals surface area contributed by atoms with Crippen LogP contribution in [0.4, 0.5) is 0 Å². The van der Waals surface area contributed by atoms with Crippen LogP contribution in [0.3, 0.4) is 0 Å². The van der Waals surface area contributed by atoms with E-state index in [1.54, 1.807) is 69.6 Å². The van der Waals surface area contributed by atoms with Gasteiger partial charge in [0.15, 0.2) is 0 Å². The Hall–Kier alpha value is -5.11. The number of rotatable bonds is 9. The third-order valence-corrected chi connectivity index (χ3v) is 9.73. The molecule has 3 aromatic rings. The SMILES string of the molecule is COc1ccc(C[C@@H]2NC(=O)[C@@H](NC(=O)c3c(Cl)cnn3C)Cc3ccc(cc3)OC[C@H](CC(C)C)NC(=O)CN(CC3CC3)C(=O)[C@@H](C)NC2=O)cc1. The Kier molecular flexibility index (Phi) is 13.6. The number of halogens is 1. The first-order valence-electron chi connectivity index (χ1n) is 18.3. The number of aromatic nitrogens is 2.